The average molecular weight is 940 g/mol. The second kappa shape index (κ2) is 26.2. The van der Waals surface area contributed by atoms with Crippen molar-refractivity contribution in [1.82, 2.24) is 35.4 Å². The average Bonchev–Trinajstić information content (AvgIpc) is 3.93. The molecule has 2 fully saturated rings. The Morgan fingerprint density at radius 3 is 2.09 bits per heavy atom. The molecule has 2 aromatic carbocycles. The smallest absolute Gasteiger partial charge is 0.308 e. The molecule has 0 bridgehead atoms. The number of rotatable bonds is 29. The number of carbonyl (C=O) groups excluding carboxylic acids is 7. The van der Waals surface area contributed by atoms with Gasteiger partial charge in [0.05, 0.1) is 44.8 Å². The van der Waals surface area contributed by atoms with E-state index in [2.05, 4.69) is 20.9 Å². The topological polar surface area (TPSA) is 199 Å². The predicted molar refractivity (Wildman–Crippen MR) is 255 cm³/mol. The van der Waals surface area contributed by atoms with Crippen LogP contribution in [0.5, 0.6) is 0 Å². The van der Waals surface area contributed by atoms with E-state index in [0.717, 1.165) is 24.0 Å². The first kappa shape index (κ1) is 53.3. The molecule has 16 nitrogen and oxygen atoms in total. The Labute approximate surface area is 401 Å². The molecule has 0 unspecified atom stereocenters. The number of benzene rings is 2. The molecule has 3 aromatic rings. The molecule has 370 valence electrons. The first-order chi connectivity index (χ1) is 32.5. The van der Waals surface area contributed by atoms with E-state index >= 15 is 9.59 Å². The highest BCUT2D eigenvalue weighted by atomic mass is 16.5. The van der Waals surface area contributed by atoms with E-state index in [0.29, 0.717) is 44.8 Å². The molecule has 0 spiro atoms. The van der Waals surface area contributed by atoms with Gasteiger partial charge in [0, 0.05) is 62.8 Å². The Morgan fingerprint density at radius 2 is 1.49 bits per heavy atom. The van der Waals surface area contributed by atoms with Crippen LogP contribution in [0, 0.1) is 29.1 Å². The lowest BCUT2D eigenvalue weighted by Crippen LogP contribution is -2.51. The second-order valence-corrected chi connectivity index (χ2v) is 19.8. The largest absolute Gasteiger partial charge is 0.444 e. The van der Waals surface area contributed by atoms with Gasteiger partial charge < -0.3 is 20.1 Å². The fraction of sp³-hybridized carbons (Fsp3) is 0.596. The number of morpholine rings is 1. The van der Waals surface area contributed by atoms with Gasteiger partial charge in [0.25, 0.3) is 0 Å². The molecule has 3 amide bonds. The van der Waals surface area contributed by atoms with Gasteiger partial charge in [0.2, 0.25) is 17.7 Å². The molecule has 2 N–H and O–H groups in total. The van der Waals surface area contributed by atoms with E-state index in [4.69, 9.17) is 9.47 Å². The van der Waals surface area contributed by atoms with Crippen LogP contribution in [-0.4, -0.2) is 117 Å². The molecule has 1 saturated heterocycles. The van der Waals surface area contributed by atoms with Gasteiger partial charge in [-0.2, -0.15) is 0 Å². The van der Waals surface area contributed by atoms with E-state index in [1.807, 2.05) is 100 Å². The van der Waals surface area contributed by atoms with Crippen LogP contribution in [0.4, 0.5) is 0 Å². The van der Waals surface area contributed by atoms with Gasteiger partial charge in [0.15, 0.2) is 18.3 Å². The maximum Gasteiger partial charge on any atom is 0.308 e. The molecule has 1 aromatic heterocycles. The third kappa shape index (κ3) is 17.5. The summed E-state index contributed by atoms with van der Waals surface area (Å²) < 4.78 is 12.8. The Kier molecular flexibility index (Phi) is 20.6. The number of nitrogens with one attached hydrogen (secondary N) is 2. The molecule has 16 heteroatoms. The number of Topliss-reactive ketones (excluding diaryl/α,β-unsaturated/α-hetero) is 3. The van der Waals surface area contributed by atoms with Crippen LogP contribution >= 0.6 is 0 Å². The third-order valence-corrected chi connectivity index (χ3v) is 12.8. The number of amides is 3. The minimum absolute atomic E-state index is 0.00620. The Bertz CT molecular complexity index is 2130. The summed E-state index contributed by atoms with van der Waals surface area (Å²) in [6, 6.07) is 17.1. The maximum atomic E-state index is 15.3. The van der Waals surface area contributed by atoms with Crippen molar-refractivity contribution in [2.75, 3.05) is 39.6 Å². The number of aromatic nitrogens is 3. The predicted octanol–water partition coefficient (Wildman–Crippen LogP) is 5.21. The van der Waals surface area contributed by atoms with Crippen LogP contribution in [0.2, 0.25) is 0 Å². The highest BCUT2D eigenvalue weighted by Crippen LogP contribution is 2.47. The SMILES string of the molecule is CC(C)C[C@H](NC(=O)[C@@H](CC(=O)[C@H](CC(C)C)N(COC(=O)CCC(=O)NCc1cn(C)nn1)C(=O)[C@H](CCc1ccccc1)CC(=O)CN1CCOCC1)Cc1ccccc1)C(=O)C1(C)CC1. The number of esters is 1. The van der Waals surface area contributed by atoms with Crippen LogP contribution < -0.4 is 10.6 Å². The minimum atomic E-state index is -1.15. The maximum absolute atomic E-state index is 15.3. The number of ketones is 3. The van der Waals surface area contributed by atoms with Gasteiger partial charge in [-0.3, -0.25) is 48.0 Å². The molecule has 4 atom stereocenters. The van der Waals surface area contributed by atoms with Crippen LogP contribution in [-0.2, 0) is 69.5 Å². The molecular weight excluding hydrogens is 867 g/mol. The molecular formula is C52H73N7O9. The number of nitrogens with zero attached hydrogens (tertiary/aromatic N) is 5. The minimum Gasteiger partial charge on any atom is -0.444 e. The van der Waals surface area contributed by atoms with Crippen LogP contribution in [0.1, 0.15) is 109 Å². The number of carbonyl (C=O) groups is 7. The summed E-state index contributed by atoms with van der Waals surface area (Å²) in [5, 5.41) is 13.6. The van der Waals surface area contributed by atoms with Crippen LogP contribution in [0.3, 0.4) is 0 Å². The van der Waals surface area contributed by atoms with Crippen molar-refractivity contribution in [1.29, 1.82) is 0 Å². The van der Waals surface area contributed by atoms with Gasteiger partial charge in [-0.15, -0.1) is 5.10 Å². The van der Waals surface area contributed by atoms with Crippen LogP contribution in [0.25, 0.3) is 0 Å². The lowest BCUT2D eigenvalue weighted by Gasteiger charge is -2.35. The summed E-state index contributed by atoms with van der Waals surface area (Å²) in [5.41, 5.74) is 1.85. The van der Waals surface area contributed by atoms with Crippen molar-refractivity contribution in [2.45, 2.75) is 124 Å². The van der Waals surface area contributed by atoms with Gasteiger partial charge in [0.1, 0.15) is 11.5 Å². The Morgan fingerprint density at radius 1 is 0.838 bits per heavy atom. The van der Waals surface area contributed by atoms with E-state index in [1.54, 1.807) is 13.2 Å². The van der Waals surface area contributed by atoms with Crippen molar-refractivity contribution >= 4 is 41.0 Å². The summed E-state index contributed by atoms with van der Waals surface area (Å²) in [6.45, 7) is 11.6. The summed E-state index contributed by atoms with van der Waals surface area (Å²) in [4.78, 5) is 102. The molecule has 2 heterocycles. The second-order valence-electron chi connectivity index (χ2n) is 19.8. The number of ether oxygens (including phenoxy) is 2. The summed E-state index contributed by atoms with van der Waals surface area (Å²) in [5.74, 6) is -4.48. The fourth-order valence-corrected chi connectivity index (χ4v) is 8.63. The van der Waals surface area contributed by atoms with E-state index in [-0.39, 0.29) is 81.4 Å². The van der Waals surface area contributed by atoms with Crippen molar-refractivity contribution in [3.05, 3.63) is 83.7 Å². The monoisotopic (exact) mass is 940 g/mol. The van der Waals surface area contributed by atoms with Crippen LogP contribution in [0.15, 0.2) is 66.9 Å². The van der Waals surface area contributed by atoms with E-state index in [1.165, 1.54) is 9.58 Å². The zero-order chi connectivity index (χ0) is 49.2. The van der Waals surface area contributed by atoms with Crippen molar-refractivity contribution in [3.8, 4) is 0 Å². The summed E-state index contributed by atoms with van der Waals surface area (Å²) in [6.07, 6.45) is 3.87. The molecule has 1 aliphatic carbocycles. The van der Waals surface area contributed by atoms with E-state index < -0.39 is 65.5 Å². The Balaban J connectivity index is 1.43. The number of hydrogen-bond acceptors (Lipinski definition) is 12. The van der Waals surface area contributed by atoms with Crippen molar-refractivity contribution in [3.63, 3.8) is 0 Å². The summed E-state index contributed by atoms with van der Waals surface area (Å²) in [7, 11) is 1.71. The first-order valence-electron chi connectivity index (χ1n) is 24.3. The molecule has 68 heavy (non-hydrogen) atoms. The molecule has 1 aliphatic heterocycles. The zero-order valence-electron chi connectivity index (χ0n) is 41.0. The highest BCUT2D eigenvalue weighted by Gasteiger charge is 2.48. The number of aryl methyl sites for hydroxylation is 2. The van der Waals surface area contributed by atoms with Gasteiger partial charge in [-0.25, -0.2) is 0 Å². The third-order valence-electron chi connectivity index (χ3n) is 12.8. The van der Waals surface area contributed by atoms with Gasteiger partial charge in [-0.05, 0) is 67.9 Å². The zero-order valence-corrected chi connectivity index (χ0v) is 41.0. The van der Waals surface area contributed by atoms with Crippen molar-refractivity contribution < 1.29 is 43.0 Å². The lowest BCUT2D eigenvalue weighted by atomic mass is 9.86. The van der Waals surface area contributed by atoms with Crippen molar-refractivity contribution in [2.24, 2.45) is 36.1 Å². The van der Waals surface area contributed by atoms with Gasteiger partial charge >= 0.3 is 5.97 Å². The van der Waals surface area contributed by atoms with Gasteiger partial charge in [-0.1, -0.05) is 100 Å². The standard InChI is InChI=1S/C52H73N7O9/c1-36(2)27-44(49(64)52(5)21-22-52)54-50(65)41(29-39-15-11-8-12-16-39)31-46(61)45(28-37(3)4)59(35-68-48(63)20-19-47(62)53-32-42-33-57(6)56-55-42)51(66)40(18-17-38-13-9-7-10-14-38)30-43(60)34-58-23-25-67-26-24-58/h7-16,33,36-37,40-41,44-45H,17-32,34-35H2,1-6H3,(H,53,62)(H,54,65)/t40-,41-,44+,45+/m1/s1. The summed E-state index contributed by atoms with van der Waals surface area (Å²) >= 11 is 0. The number of hydrogen-bond donors (Lipinski definition) is 2. The Hall–Kier alpha value is -5.61. The molecule has 2 aliphatic rings. The highest BCUT2D eigenvalue weighted by molar-refractivity contribution is 5.97. The molecule has 0 radical (unpaired) electrons. The molecule has 1 saturated carbocycles. The molecule has 5 rings (SSSR count). The fourth-order valence-electron chi connectivity index (χ4n) is 8.63. The quantitative estimate of drug-likeness (QED) is 0.0682. The normalized spacial score (nSPS) is 16.3. The van der Waals surface area contributed by atoms with E-state index in [9.17, 15) is 24.0 Å². The lowest BCUT2D eigenvalue weighted by molar-refractivity contribution is -0.161. The first-order valence-corrected chi connectivity index (χ1v) is 24.3.